The summed E-state index contributed by atoms with van der Waals surface area (Å²) in [5, 5.41) is 8.76. The molecule has 1 aromatic rings. The van der Waals surface area contributed by atoms with E-state index in [0.29, 0.717) is 12.0 Å². The quantitative estimate of drug-likeness (QED) is 0.861. The molecule has 0 aromatic heterocycles. The Kier molecular flexibility index (Phi) is 5.75. The number of aryl methyl sites for hydroxylation is 1. The third kappa shape index (κ3) is 3.83. The monoisotopic (exact) mass is 295 g/mol. The molecule has 0 radical (unpaired) electrons. The molecule has 0 aliphatic heterocycles. The van der Waals surface area contributed by atoms with Crippen LogP contribution in [0.25, 0.3) is 0 Å². The van der Waals surface area contributed by atoms with E-state index in [4.69, 9.17) is 5.11 Å². The van der Waals surface area contributed by atoms with Crippen LogP contribution in [0.2, 0.25) is 0 Å². The third-order valence-corrected chi connectivity index (χ3v) is 5.07. The fourth-order valence-corrected chi connectivity index (χ4v) is 3.11. The number of nitrogens with zero attached hydrogens (tertiary/aromatic N) is 1. The Morgan fingerprint density at radius 1 is 1.35 bits per heavy atom. The lowest BCUT2D eigenvalue weighted by Gasteiger charge is -2.21. The Morgan fingerprint density at radius 3 is 2.55 bits per heavy atom. The standard InChI is InChI=1S/C15H21NO3S/c1-12(2)16(4)20(18,19)15-9-8-13(3)11-14(15)7-5-6-10-17/h8-9,11-12,17H,6,10H2,1-4H3. The van der Waals surface area contributed by atoms with Crippen LogP contribution in [-0.2, 0) is 10.0 Å². The maximum Gasteiger partial charge on any atom is 0.244 e. The molecule has 1 rings (SSSR count). The van der Waals surface area contributed by atoms with E-state index in [2.05, 4.69) is 11.8 Å². The highest BCUT2D eigenvalue weighted by Gasteiger charge is 2.25. The van der Waals surface area contributed by atoms with Crippen molar-refractivity contribution in [3.63, 3.8) is 0 Å². The van der Waals surface area contributed by atoms with Gasteiger partial charge < -0.3 is 5.11 Å². The van der Waals surface area contributed by atoms with Crippen LogP contribution in [0.1, 0.15) is 31.4 Å². The van der Waals surface area contributed by atoms with Gasteiger partial charge in [0.1, 0.15) is 0 Å². The van der Waals surface area contributed by atoms with E-state index in [9.17, 15) is 8.42 Å². The van der Waals surface area contributed by atoms with Gasteiger partial charge in [-0.05, 0) is 38.5 Å². The summed E-state index contributed by atoms with van der Waals surface area (Å²) in [5.41, 5.74) is 1.43. The molecule has 0 bridgehead atoms. The fraction of sp³-hybridized carbons (Fsp3) is 0.467. The van der Waals surface area contributed by atoms with Crippen LogP contribution in [0.15, 0.2) is 23.1 Å². The van der Waals surface area contributed by atoms with Crippen LogP contribution in [0.5, 0.6) is 0 Å². The lowest BCUT2D eigenvalue weighted by atomic mass is 10.1. The highest BCUT2D eigenvalue weighted by atomic mass is 32.2. The Morgan fingerprint density at radius 2 is 2.00 bits per heavy atom. The molecule has 0 unspecified atom stereocenters. The topological polar surface area (TPSA) is 57.6 Å². The number of hydrogen-bond donors (Lipinski definition) is 1. The van der Waals surface area contributed by atoms with Crippen LogP contribution in [0.4, 0.5) is 0 Å². The maximum absolute atomic E-state index is 12.5. The first-order valence-corrected chi connectivity index (χ1v) is 7.93. The van der Waals surface area contributed by atoms with E-state index >= 15 is 0 Å². The maximum atomic E-state index is 12.5. The summed E-state index contributed by atoms with van der Waals surface area (Å²) in [6.07, 6.45) is 0.327. The molecule has 20 heavy (non-hydrogen) atoms. The first-order chi connectivity index (χ1) is 9.30. The highest BCUT2D eigenvalue weighted by Crippen LogP contribution is 2.21. The van der Waals surface area contributed by atoms with Crippen LogP contribution >= 0.6 is 0 Å². The minimum Gasteiger partial charge on any atom is -0.395 e. The van der Waals surface area contributed by atoms with Gasteiger partial charge in [-0.3, -0.25) is 0 Å². The zero-order valence-corrected chi connectivity index (χ0v) is 13.2. The average molecular weight is 295 g/mol. The highest BCUT2D eigenvalue weighted by molar-refractivity contribution is 7.89. The molecule has 110 valence electrons. The third-order valence-electron chi connectivity index (χ3n) is 2.98. The minimum absolute atomic E-state index is 0.0349. The predicted molar refractivity (Wildman–Crippen MR) is 79.8 cm³/mol. The molecule has 0 saturated heterocycles. The Balaban J connectivity index is 3.35. The van der Waals surface area contributed by atoms with Crippen molar-refractivity contribution < 1.29 is 13.5 Å². The number of hydrogen-bond acceptors (Lipinski definition) is 3. The number of sulfonamides is 1. The molecular formula is C15H21NO3S. The smallest absolute Gasteiger partial charge is 0.244 e. The number of aliphatic hydroxyl groups is 1. The average Bonchev–Trinajstić information content (AvgIpc) is 2.37. The Bertz CT molecular complexity index is 624. The van der Waals surface area contributed by atoms with Crippen molar-refractivity contribution in [2.75, 3.05) is 13.7 Å². The van der Waals surface area contributed by atoms with Gasteiger partial charge in [-0.25, -0.2) is 8.42 Å². The van der Waals surface area contributed by atoms with Crippen molar-refractivity contribution in [2.24, 2.45) is 0 Å². The normalized spacial score (nSPS) is 11.6. The molecule has 0 heterocycles. The number of rotatable bonds is 4. The van der Waals surface area contributed by atoms with Crippen molar-refractivity contribution in [3.8, 4) is 11.8 Å². The zero-order valence-electron chi connectivity index (χ0n) is 12.3. The van der Waals surface area contributed by atoms with Gasteiger partial charge >= 0.3 is 0 Å². The van der Waals surface area contributed by atoms with Gasteiger partial charge in [0.2, 0.25) is 10.0 Å². The largest absolute Gasteiger partial charge is 0.395 e. The molecule has 0 fully saturated rings. The molecule has 5 heteroatoms. The van der Waals surface area contributed by atoms with E-state index in [-0.39, 0.29) is 17.5 Å². The fourth-order valence-electron chi connectivity index (χ4n) is 1.61. The van der Waals surface area contributed by atoms with Crippen molar-refractivity contribution >= 4 is 10.0 Å². The summed E-state index contributed by atoms with van der Waals surface area (Å²) in [7, 11) is -1.99. The SMILES string of the molecule is Cc1ccc(S(=O)(=O)N(C)C(C)C)c(C#CCCO)c1. The number of aliphatic hydroxyl groups excluding tert-OH is 1. The van der Waals surface area contributed by atoms with E-state index in [1.807, 2.05) is 20.8 Å². The van der Waals surface area contributed by atoms with Crippen LogP contribution in [-0.4, -0.2) is 37.5 Å². The first kappa shape index (κ1) is 16.7. The molecule has 0 atom stereocenters. The number of benzene rings is 1. The van der Waals surface area contributed by atoms with Crippen LogP contribution in [0.3, 0.4) is 0 Å². The summed E-state index contributed by atoms with van der Waals surface area (Å²) in [6, 6.07) is 4.98. The lowest BCUT2D eigenvalue weighted by Crippen LogP contribution is -2.33. The molecule has 0 aliphatic rings. The van der Waals surface area contributed by atoms with E-state index in [0.717, 1.165) is 5.56 Å². The molecule has 0 aliphatic carbocycles. The van der Waals surface area contributed by atoms with Crippen LogP contribution in [0, 0.1) is 18.8 Å². The van der Waals surface area contributed by atoms with Gasteiger partial charge in [0.05, 0.1) is 11.5 Å². The molecule has 4 nitrogen and oxygen atoms in total. The molecule has 1 aromatic carbocycles. The molecule has 0 spiro atoms. The van der Waals surface area contributed by atoms with Gasteiger partial charge in [-0.2, -0.15) is 4.31 Å². The van der Waals surface area contributed by atoms with Gasteiger partial charge in [0.15, 0.2) is 0 Å². The second kappa shape index (κ2) is 6.89. The second-order valence-electron chi connectivity index (χ2n) is 4.89. The summed E-state index contributed by atoms with van der Waals surface area (Å²) in [6.45, 7) is 5.50. The van der Waals surface area contributed by atoms with Crippen molar-refractivity contribution in [1.29, 1.82) is 0 Å². The summed E-state index contributed by atoms with van der Waals surface area (Å²) in [4.78, 5) is 0.213. The van der Waals surface area contributed by atoms with Crippen molar-refractivity contribution in [2.45, 2.75) is 38.1 Å². The summed E-state index contributed by atoms with van der Waals surface area (Å²) < 4.78 is 26.4. The Labute approximate surface area is 121 Å². The van der Waals surface area contributed by atoms with Gasteiger partial charge in [0.25, 0.3) is 0 Å². The van der Waals surface area contributed by atoms with Gasteiger partial charge in [-0.1, -0.05) is 17.9 Å². The molecule has 1 N–H and O–H groups in total. The lowest BCUT2D eigenvalue weighted by molar-refractivity contribution is 0.305. The van der Waals surface area contributed by atoms with Crippen molar-refractivity contribution in [3.05, 3.63) is 29.3 Å². The van der Waals surface area contributed by atoms with Gasteiger partial charge in [-0.15, -0.1) is 0 Å². The first-order valence-electron chi connectivity index (χ1n) is 6.49. The van der Waals surface area contributed by atoms with E-state index < -0.39 is 10.0 Å². The molecular weight excluding hydrogens is 274 g/mol. The predicted octanol–water partition coefficient (Wildman–Crippen LogP) is 1.76. The second-order valence-corrected chi connectivity index (χ2v) is 6.86. The van der Waals surface area contributed by atoms with Crippen molar-refractivity contribution in [1.82, 2.24) is 4.31 Å². The molecule has 0 saturated carbocycles. The summed E-state index contributed by atoms with van der Waals surface area (Å²) in [5.74, 6) is 5.62. The van der Waals surface area contributed by atoms with E-state index in [1.54, 1.807) is 25.2 Å². The van der Waals surface area contributed by atoms with Gasteiger partial charge in [0, 0.05) is 25.1 Å². The molecule has 0 amide bonds. The zero-order chi connectivity index (χ0) is 15.3. The van der Waals surface area contributed by atoms with E-state index in [1.165, 1.54) is 4.31 Å². The summed E-state index contributed by atoms with van der Waals surface area (Å²) >= 11 is 0. The Hall–Kier alpha value is -1.35. The van der Waals surface area contributed by atoms with Crippen LogP contribution < -0.4 is 0 Å². The minimum atomic E-state index is -3.55.